The lowest BCUT2D eigenvalue weighted by atomic mass is 10.0. The summed E-state index contributed by atoms with van der Waals surface area (Å²) < 4.78 is 7.32. The zero-order chi connectivity index (χ0) is 19.4. The van der Waals surface area contributed by atoms with Crippen molar-refractivity contribution < 1.29 is 9.53 Å². The second-order valence-corrected chi connectivity index (χ2v) is 6.66. The number of methoxy groups -OCH3 is 1. The van der Waals surface area contributed by atoms with Crippen LogP contribution in [0, 0.1) is 26.2 Å². The van der Waals surface area contributed by atoms with E-state index >= 15 is 0 Å². The summed E-state index contributed by atoms with van der Waals surface area (Å²) in [5.74, 6) is 3.13. The summed E-state index contributed by atoms with van der Waals surface area (Å²) in [6.45, 7) is 3.93. The number of terminal acetylenes is 1. The van der Waals surface area contributed by atoms with Gasteiger partial charge in [0.2, 0.25) is 5.91 Å². The number of hydrogen-bond acceptors (Lipinski definition) is 5. The zero-order valence-corrected chi connectivity index (χ0v) is 15.8. The van der Waals surface area contributed by atoms with E-state index in [9.17, 15) is 4.79 Å². The smallest absolute Gasteiger partial charge is 0.224 e. The van der Waals surface area contributed by atoms with Gasteiger partial charge in [-0.3, -0.25) is 4.79 Å². The van der Waals surface area contributed by atoms with Gasteiger partial charge in [-0.1, -0.05) is 0 Å². The molecule has 0 atom stereocenters. The van der Waals surface area contributed by atoms with Crippen LogP contribution in [-0.4, -0.2) is 28.5 Å². The van der Waals surface area contributed by atoms with Gasteiger partial charge in [0.1, 0.15) is 11.4 Å². The maximum atomic E-state index is 12.3. The van der Waals surface area contributed by atoms with Gasteiger partial charge < -0.3 is 10.1 Å². The molecule has 1 aliphatic heterocycles. The molecular formula is C20H23N5O2. The number of anilines is 1. The number of amides is 1. The Morgan fingerprint density at radius 2 is 2.07 bits per heavy atom. The van der Waals surface area contributed by atoms with Gasteiger partial charge in [0, 0.05) is 43.1 Å². The molecule has 0 radical (unpaired) electrons. The van der Waals surface area contributed by atoms with Crippen molar-refractivity contribution >= 4 is 11.6 Å². The lowest BCUT2D eigenvalue weighted by molar-refractivity contribution is -0.116. The van der Waals surface area contributed by atoms with Crippen LogP contribution in [0.25, 0.3) is 5.69 Å². The van der Waals surface area contributed by atoms with Crippen LogP contribution in [0.3, 0.4) is 0 Å². The second kappa shape index (κ2) is 7.62. The van der Waals surface area contributed by atoms with Gasteiger partial charge in [-0.2, -0.15) is 15.3 Å². The zero-order valence-electron chi connectivity index (χ0n) is 15.8. The van der Waals surface area contributed by atoms with Gasteiger partial charge in [-0.15, -0.1) is 12.3 Å². The van der Waals surface area contributed by atoms with Crippen LogP contribution < -0.4 is 10.1 Å². The van der Waals surface area contributed by atoms with Crippen molar-refractivity contribution in [3.8, 4) is 23.8 Å². The Labute approximate surface area is 158 Å². The van der Waals surface area contributed by atoms with E-state index in [-0.39, 0.29) is 5.91 Å². The summed E-state index contributed by atoms with van der Waals surface area (Å²) >= 11 is 0. The van der Waals surface area contributed by atoms with E-state index in [4.69, 9.17) is 11.2 Å². The van der Waals surface area contributed by atoms with E-state index in [0.29, 0.717) is 37.1 Å². The van der Waals surface area contributed by atoms with Crippen LogP contribution in [0.15, 0.2) is 34.5 Å². The third-order valence-electron chi connectivity index (χ3n) is 4.51. The molecule has 0 spiro atoms. The molecule has 1 N–H and O–H groups in total. The lowest BCUT2D eigenvalue weighted by Gasteiger charge is -2.13. The number of carbonyl (C=O) groups is 1. The summed E-state index contributed by atoms with van der Waals surface area (Å²) in [7, 11) is 1.60. The van der Waals surface area contributed by atoms with Crippen molar-refractivity contribution in [2.75, 3.05) is 12.4 Å². The Bertz CT molecular complexity index is 917. The minimum Gasteiger partial charge on any atom is -0.494 e. The Balaban J connectivity index is 1.65. The predicted molar refractivity (Wildman–Crippen MR) is 103 cm³/mol. The number of benzene rings is 1. The van der Waals surface area contributed by atoms with Crippen molar-refractivity contribution in [2.45, 2.75) is 45.2 Å². The van der Waals surface area contributed by atoms with E-state index in [1.807, 2.05) is 36.7 Å². The lowest BCUT2D eigenvalue weighted by Crippen LogP contribution is -2.17. The number of ether oxygens (including phenoxy) is 1. The summed E-state index contributed by atoms with van der Waals surface area (Å²) in [6, 6.07) is 7.52. The van der Waals surface area contributed by atoms with E-state index in [1.54, 1.807) is 13.2 Å². The first-order valence-electron chi connectivity index (χ1n) is 8.85. The molecule has 7 heteroatoms. The largest absolute Gasteiger partial charge is 0.494 e. The second-order valence-electron chi connectivity index (χ2n) is 6.66. The Morgan fingerprint density at radius 1 is 1.30 bits per heavy atom. The average Bonchev–Trinajstić information content (AvgIpc) is 3.35. The number of aromatic nitrogens is 2. The summed E-state index contributed by atoms with van der Waals surface area (Å²) in [6.07, 6.45) is 7.49. The minimum absolute atomic E-state index is 0.0895. The molecule has 0 aliphatic carbocycles. The van der Waals surface area contributed by atoms with E-state index in [1.165, 1.54) is 0 Å². The third kappa shape index (κ3) is 4.34. The molecule has 2 aromatic rings. The number of rotatable bonds is 8. The summed E-state index contributed by atoms with van der Waals surface area (Å²) in [5.41, 5.74) is 2.99. The van der Waals surface area contributed by atoms with Gasteiger partial charge in [0.05, 0.1) is 12.8 Å². The van der Waals surface area contributed by atoms with Crippen molar-refractivity contribution in [3.63, 3.8) is 0 Å². The molecule has 27 heavy (non-hydrogen) atoms. The maximum Gasteiger partial charge on any atom is 0.224 e. The first kappa shape index (κ1) is 18.6. The molecule has 7 nitrogen and oxygen atoms in total. The summed E-state index contributed by atoms with van der Waals surface area (Å²) in [5, 5.41) is 15.5. The highest BCUT2D eigenvalue weighted by atomic mass is 16.5. The Morgan fingerprint density at radius 3 is 2.67 bits per heavy atom. The molecule has 140 valence electrons. The van der Waals surface area contributed by atoms with Gasteiger partial charge in [0.25, 0.3) is 0 Å². The molecule has 1 aliphatic rings. The maximum absolute atomic E-state index is 12.3. The molecule has 0 bridgehead atoms. The highest BCUT2D eigenvalue weighted by Gasteiger charge is 2.39. The molecule has 1 aromatic heterocycles. The van der Waals surface area contributed by atoms with Crippen LogP contribution in [-0.2, 0) is 4.79 Å². The summed E-state index contributed by atoms with van der Waals surface area (Å²) in [4.78, 5) is 12.3. The monoisotopic (exact) mass is 365 g/mol. The van der Waals surface area contributed by atoms with Crippen molar-refractivity contribution in [1.29, 1.82) is 0 Å². The number of aryl methyl sites for hydroxylation is 2. The van der Waals surface area contributed by atoms with Crippen LogP contribution >= 0.6 is 0 Å². The van der Waals surface area contributed by atoms with Gasteiger partial charge in [-0.05, 0) is 32.0 Å². The fraction of sp³-hybridized carbons (Fsp3) is 0.400. The number of hydrogen-bond donors (Lipinski definition) is 1. The van der Waals surface area contributed by atoms with Crippen molar-refractivity contribution in [2.24, 2.45) is 10.2 Å². The average molecular weight is 365 g/mol. The van der Waals surface area contributed by atoms with Gasteiger partial charge in [0.15, 0.2) is 5.66 Å². The fourth-order valence-corrected chi connectivity index (χ4v) is 3.01. The molecule has 0 fully saturated rings. The Hall–Kier alpha value is -3.14. The number of carbonyl (C=O) groups excluding carboxylic acids is 1. The van der Waals surface area contributed by atoms with Crippen LogP contribution in [0.5, 0.6) is 5.75 Å². The van der Waals surface area contributed by atoms with E-state index in [0.717, 1.165) is 17.1 Å². The predicted octanol–water partition coefficient (Wildman–Crippen LogP) is 3.79. The van der Waals surface area contributed by atoms with Crippen LogP contribution in [0.2, 0.25) is 0 Å². The quantitative estimate of drug-likeness (QED) is 0.723. The SMILES string of the molecule is C#CCCC1(CCC(=O)Nc2ccc(-n3nc(C)cc3C)c(OC)c2)N=N1. The molecule has 0 saturated carbocycles. The molecule has 2 heterocycles. The number of nitrogens with one attached hydrogen (secondary N) is 1. The molecule has 1 aromatic carbocycles. The third-order valence-corrected chi connectivity index (χ3v) is 4.51. The molecule has 1 amide bonds. The van der Waals surface area contributed by atoms with Crippen molar-refractivity contribution in [1.82, 2.24) is 9.78 Å². The normalized spacial score (nSPS) is 13.9. The minimum atomic E-state index is -0.444. The van der Waals surface area contributed by atoms with Crippen LogP contribution in [0.4, 0.5) is 5.69 Å². The molecule has 0 unspecified atom stereocenters. The Kier molecular flexibility index (Phi) is 5.26. The van der Waals surface area contributed by atoms with Crippen molar-refractivity contribution in [3.05, 3.63) is 35.7 Å². The van der Waals surface area contributed by atoms with E-state index in [2.05, 4.69) is 26.6 Å². The molecular weight excluding hydrogens is 342 g/mol. The highest BCUT2D eigenvalue weighted by molar-refractivity contribution is 5.91. The molecule has 0 saturated heterocycles. The van der Waals surface area contributed by atoms with E-state index < -0.39 is 5.66 Å². The van der Waals surface area contributed by atoms with Gasteiger partial charge >= 0.3 is 0 Å². The fourth-order valence-electron chi connectivity index (χ4n) is 3.01. The standard InChI is InChI=1S/C20H23N5O2/c1-5-6-10-20(23-24-20)11-9-19(26)21-16-7-8-17(18(13-16)27-4)25-15(3)12-14(2)22-25/h1,7-8,12-13H,6,9-11H2,2-4H3,(H,21,26). The highest BCUT2D eigenvalue weighted by Crippen LogP contribution is 2.37. The topological polar surface area (TPSA) is 80.9 Å². The number of nitrogens with zero attached hydrogens (tertiary/aromatic N) is 4. The van der Waals surface area contributed by atoms with Crippen LogP contribution in [0.1, 0.15) is 37.1 Å². The molecule has 3 rings (SSSR count). The first-order valence-corrected chi connectivity index (χ1v) is 8.85. The van der Waals surface area contributed by atoms with Gasteiger partial charge in [-0.25, -0.2) is 4.68 Å². The first-order chi connectivity index (χ1) is 13.0.